The monoisotopic (exact) mass is 338 g/mol. The van der Waals surface area contributed by atoms with Gasteiger partial charge in [0.25, 0.3) is 5.91 Å². The number of ether oxygens (including phenoxy) is 1. The SMILES string of the molecule is Cc1ccc2c(c1)NC(=O)c1cc(NC(=O)CC(C)(C)C)ccc1O2. The molecule has 130 valence electrons. The van der Waals surface area contributed by atoms with Crippen LogP contribution in [-0.4, -0.2) is 11.8 Å². The summed E-state index contributed by atoms with van der Waals surface area (Å²) >= 11 is 0. The Morgan fingerprint density at radius 1 is 1.12 bits per heavy atom. The number of amides is 2. The molecule has 1 heterocycles. The molecule has 0 saturated heterocycles. The number of fused-ring (bicyclic) bond motifs is 2. The Hall–Kier alpha value is -2.82. The first-order valence-electron chi connectivity index (χ1n) is 8.25. The molecule has 5 nitrogen and oxygen atoms in total. The lowest BCUT2D eigenvalue weighted by Gasteiger charge is -2.17. The summed E-state index contributed by atoms with van der Waals surface area (Å²) in [5.41, 5.74) is 2.54. The summed E-state index contributed by atoms with van der Waals surface area (Å²) in [6.07, 6.45) is 0.400. The van der Waals surface area contributed by atoms with Crippen LogP contribution in [-0.2, 0) is 4.79 Å². The van der Waals surface area contributed by atoms with E-state index >= 15 is 0 Å². The third kappa shape index (κ3) is 3.99. The van der Waals surface area contributed by atoms with Crippen molar-refractivity contribution in [2.75, 3.05) is 10.6 Å². The minimum Gasteiger partial charge on any atom is -0.454 e. The number of nitrogens with one attached hydrogen (secondary N) is 2. The van der Waals surface area contributed by atoms with E-state index in [-0.39, 0.29) is 17.2 Å². The van der Waals surface area contributed by atoms with Crippen LogP contribution in [0.5, 0.6) is 11.5 Å². The Bertz CT molecular complexity index is 851. The van der Waals surface area contributed by atoms with E-state index < -0.39 is 0 Å². The maximum absolute atomic E-state index is 12.5. The molecule has 2 aromatic rings. The molecule has 2 N–H and O–H groups in total. The zero-order valence-corrected chi connectivity index (χ0v) is 14.9. The lowest BCUT2D eigenvalue weighted by Crippen LogP contribution is -2.20. The fraction of sp³-hybridized carbons (Fsp3) is 0.300. The van der Waals surface area contributed by atoms with Crippen molar-refractivity contribution in [2.45, 2.75) is 34.1 Å². The lowest BCUT2D eigenvalue weighted by atomic mass is 9.92. The normalized spacial score (nSPS) is 13.0. The first kappa shape index (κ1) is 17.0. The number of anilines is 2. The third-order valence-corrected chi connectivity index (χ3v) is 3.80. The number of benzene rings is 2. The van der Waals surface area contributed by atoms with Crippen molar-refractivity contribution < 1.29 is 14.3 Å². The first-order chi connectivity index (χ1) is 11.7. The molecule has 0 radical (unpaired) electrons. The predicted molar refractivity (Wildman–Crippen MR) is 98.3 cm³/mol. The predicted octanol–water partition coefficient (Wildman–Crippen LogP) is 4.73. The highest BCUT2D eigenvalue weighted by atomic mass is 16.5. The molecule has 0 unspecified atom stereocenters. The molecule has 0 aliphatic carbocycles. The van der Waals surface area contributed by atoms with E-state index in [2.05, 4.69) is 10.6 Å². The minimum atomic E-state index is -0.258. The van der Waals surface area contributed by atoms with Gasteiger partial charge >= 0.3 is 0 Å². The molecular formula is C20H22N2O3. The Labute approximate surface area is 147 Å². The number of aryl methyl sites for hydroxylation is 1. The van der Waals surface area contributed by atoms with Crippen LogP contribution in [0, 0.1) is 12.3 Å². The van der Waals surface area contributed by atoms with Gasteiger partial charge in [-0.1, -0.05) is 26.8 Å². The van der Waals surface area contributed by atoms with E-state index in [0.29, 0.717) is 34.9 Å². The van der Waals surface area contributed by atoms with Gasteiger partial charge in [0.2, 0.25) is 5.91 Å². The van der Waals surface area contributed by atoms with Crippen molar-refractivity contribution in [3.63, 3.8) is 0 Å². The van der Waals surface area contributed by atoms with E-state index in [1.54, 1.807) is 18.2 Å². The van der Waals surface area contributed by atoms with Gasteiger partial charge in [0, 0.05) is 12.1 Å². The molecular weight excluding hydrogens is 316 g/mol. The largest absolute Gasteiger partial charge is 0.454 e. The number of hydrogen-bond donors (Lipinski definition) is 2. The standard InChI is InChI=1S/C20H22N2O3/c1-12-5-7-17-15(9-12)22-19(24)14-10-13(6-8-16(14)25-17)21-18(23)11-20(2,3)4/h5-10H,11H2,1-4H3,(H,21,23)(H,22,24). The highest BCUT2D eigenvalue weighted by Gasteiger charge is 2.22. The summed E-state index contributed by atoms with van der Waals surface area (Å²) in [4.78, 5) is 24.7. The van der Waals surface area contributed by atoms with Gasteiger partial charge in [0.15, 0.2) is 5.75 Å². The summed E-state index contributed by atoms with van der Waals surface area (Å²) in [5, 5.41) is 5.71. The second-order valence-electron chi connectivity index (χ2n) is 7.55. The van der Waals surface area contributed by atoms with Crippen molar-refractivity contribution in [3.8, 4) is 11.5 Å². The molecule has 0 saturated carbocycles. The third-order valence-electron chi connectivity index (χ3n) is 3.80. The van der Waals surface area contributed by atoms with Crippen molar-refractivity contribution in [1.82, 2.24) is 0 Å². The van der Waals surface area contributed by atoms with Crippen molar-refractivity contribution in [3.05, 3.63) is 47.5 Å². The Balaban J connectivity index is 1.86. The molecule has 1 aliphatic heterocycles. The van der Waals surface area contributed by atoms with Gasteiger partial charge < -0.3 is 15.4 Å². The first-order valence-corrected chi connectivity index (χ1v) is 8.25. The van der Waals surface area contributed by atoms with Crippen LogP contribution in [0.3, 0.4) is 0 Å². The van der Waals surface area contributed by atoms with Crippen molar-refractivity contribution in [1.29, 1.82) is 0 Å². The highest BCUT2D eigenvalue weighted by Crippen LogP contribution is 2.37. The summed E-state index contributed by atoms with van der Waals surface area (Å²) in [6, 6.07) is 10.7. The van der Waals surface area contributed by atoms with Crippen molar-refractivity contribution in [2.24, 2.45) is 5.41 Å². The topological polar surface area (TPSA) is 67.4 Å². The molecule has 0 fully saturated rings. The van der Waals surface area contributed by atoms with Gasteiger partial charge in [-0.05, 0) is 48.2 Å². The molecule has 0 atom stereocenters. The quantitative estimate of drug-likeness (QED) is 0.832. The van der Waals surface area contributed by atoms with Gasteiger partial charge in [-0.15, -0.1) is 0 Å². The van der Waals surface area contributed by atoms with E-state index in [1.807, 2.05) is 45.9 Å². The lowest BCUT2D eigenvalue weighted by molar-refractivity contribution is -0.117. The average Bonchev–Trinajstić information content (AvgIpc) is 2.61. The van der Waals surface area contributed by atoms with E-state index in [1.165, 1.54) is 0 Å². The zero-order chi connectivity index (χ0) is 18.2. The van der Waals surface area contributed by atoms with Crippen LogP contribution in [0.15, 0.2) is 36.4 Å². The number of hydrogen-bond acceptors (Lipinski definition) is 3. The molecule has 2 aromatic carbocycles. The van der Waals surface area contributed by atoms with E-state index in [4.69, 9.17) is 4.74 Å². The van der Waals surface area contributed by atoms with E-state index in [0.717, 1.165) is 5.56 Å². The molecule has 3 rings (SSSR count). The molecule has 25 heavy (non-hydrogen) atoms. The molecule has 0 spiro atoms. The van der Waals surface area contributed by atoms with Gasteiger partial charge in [-0.2, -0.15) is 0 Å². The van der Waals surface area contributed by atoms with Crippen molar-refractivity contribution >= 4 is 23.2 Å². The molecule has 0 aromatic heterocycles. The molecule has 1 aliphatic rings. The Morgan fingerprint density at radius 3 is 2.56 bits per heavy atom. The summed E-state index contributed by atoms with van der Waals surface area (Å²) < 4.78 is 5.87. The number of rotatable bonds is 2. The van der Waals surface area contributed by atoms with Crippen LogP contribution < -0.4 is 15.4 Å². The van der Waals surface area contributed by atoms with Gasteiger partial charge in [-0.25, -0.2) is 0 Å². The average molecular weight is 338 g/mol. The van der Waals surface area contributed by atoms with Gasteiger partial charge in [-0.3, -0.25) is 9.59 Å². The summed E-state index contributed by atoms with van der Waals surface area (Å²) in [7, 11) is 0. The van der Waals surface area contributed by atoms with Gasteiger partial charge in [0.05, 0.1) is 11.3 Å². The fourth-order valence-electron chi connectivity index (χ4n) is 2.70. The maximum atomic E-state index is 12.5. The van der Waals surface area contributed by atoms with Crippen LogP contribution >= 0.6 is 0 Å². The zero-order valence-electron chi connectivity index (χ0n) is 14.9. The second kappa shape index (κ2) is 6.24. The van der Waals surface area contributed by atoms with Gasteiger partial charge in [0.1, 0.15) is 5.75 Å². The smallest absolute Gasteiger partial charge is 0.259 e. The Kier molecular flexibility index (Phi) is 4.25. The molecule has 2 amide bonds. The highest BCUT2D eigenvalue weighted by molar-refractivity contribution is 6.09. The van der Waals surface area contributed by atoms with Crippen LogP contribution in [0.4, 0.5) is 11.4 Å². The van der Waals surface area contributed by atoms with Crippen LogP contribution in [0.1, 0.15) is 43.1 Å². The summed E-state index contributed by atoms with van der Waals surface area (Å²) in [6.45, 7) is 7.96. The molecule has 5 heteroatoms. The van der Waals surface area contributed by atoms with Crippen LogP contribution in [0.25, 0.3) is 0 Å². The van der Waals surface area contributed by atoms with E-state index in [9.17, 15) is 9.59 Å². The number of carbonyl (C=O) groups excluding carboxylic acids is 2. The molecule has 0 bridgehead atoms. The summed E-state index contributed by atoms with van der Waals surface area (Å²) in [5.74, 6) is 0.726. The Morgan fingerprint density at radius 2 is 1.84 bits per heavy atom. The fourth-order valence-corrected chi connectivity index (χ4v) is 2.70. The number of carbonyl (C=O) groups is 2. The minimum absolute atomic E-state index is 0.0821. The second-order valence-corrected chi connectivity index (χ2v) is 7.55. The maximum Gasteiger partial charge on any atom is 0.259 e. The van der Waals surface area contributed by atoms with Crippen LogP contribution in [0.2, 0.25) is 0 Å².